The lowest BCUT2D eigenvalue weighted by molar-refractivity contribution is -0.124. The van der Waals surface area contributed by atoms with E-state index in [4.69, 9.17) is 9.47 Å². The summed E-state index contributed by atoms with van der Waals surface area (Å²) in [4.78, 5) is 41.3. The van der Waals surface area contributed by atoms with E-state index >= 15 is 0 Å². The Morgan fingerprint density at radius 1 is 1.03 bits per heavy atom. The smallest absolute Gasteiger partial charge is 0.332 e. The minimum atomic E-state index is -0.903. The molecule has 0 bridgehead atoms. The maximum Gasteiger partial charge on any atom is 0.332 e. The first-order valence-electron chi connectivity index (χ1n) is 10.1. The van der Waals surface area contributed by atoms with E-state index in [2.05, 4.69) is 12.2 Å². The van der Waals surface area contributed by atoms with Crippen molar-refractivity contribution in [1.82, 2.24) is 4.90 Å². The molecule has 0 radical (unpaired) electrons. The van der Waals surface area contributed by atoms with Gasteiger partial charge in [0.25, 0.3) is 5.91 Å². The van der Waals surface area contributed by atoms with Gasteiger partial charge in [-0.15, -0.1) is 0 Å². The molecular weight excluding hydrogens is 398 g/mol. The van der Waals surface area contributed by atoms with E-state index in [1.165, 1.54) is 19.1 Å². The molecule has 2 aromatic rings. The second-order valence-corrected chi connectivity index (χ2v) is 7.16. The van der Waals surface area contributed by atoms with Crippen molar-refractivity contribution in [2.45, 2.75) is 25.8 Å². The minimum absolute atomic E-state index is 0.142. The summed E-state index contributed by atoms with van der Waals surface area (Å²) in [5.41, 5.74) is 2.24. The van der Waals surface area contributed by atoms with Crippen LogP contribution < -0.4 is 15.0 Å². The van der Waals surface area contributed by atoms with E-state index in [1.54, 1.807) is 24.3 Å². The zero-order valence-corrected chi connectivity index (χ0v) is 18.0. The van der Waals surface area contributed by atoms with Crippen molar-refractivity contribution in [3.63, 3.8) is 0 Å². The molecule has 1 heterocycles. The van der Waals surface area contributed by atoms with E-state index in [9.17, 15) is 14.4 Å². The average molecular weight is 425 g/mol. The van der Waals surface area contributed by atoms with Gasteiger partial charge in [0.1, 0.15) is 11.8 Å². The molecule has 1 aliphatic rings. The molecule has 31 heavy (non-hydrogen) atoms. The normalized spacial score (nSPS) is 16.0. The lowest BCUT2D eigenvalue weighted by Gasteiger charge is -2.21. The van der Waals surface area contributed by atoms with Crippen molar-refractivity contribution < 1.29 is 23.9 Å². The molecule has 0 aliphatic carbocycles. The van der Waals surface area contributed by atoms with Crippen LogP contribution in [0.5, 0.6) is 5.75 Å². The third-order valence-corrected chi connectivity index (χ3v) is 5.21. The van der Waals surface area contributed by atoms with Crippen molar-refractivity contribution >= 4 is 29.2 Å². The number of amides is 4. The van der Waals surface area contributed by atoms with Crippen LogP contribution in [0, 0.1) is 0 Å². The lowest BCUT2D eigenvalue weighted by atomic mass is 10.1. The monoisotopic (exact) mass is 425 g/mol. The number of urea groups is 1. The van der Waals surface area contributed by atoms with Crippen LogP contribution in [-0.4, -0.2) is 56.2 Å². The number of rotatable bonds is 9. The summed E-state index contributed by atoms with van der Waals surface area (Å²) in [5, 5.41) is 2.81. The van der Waals surface area contributed by atoms with Crippen LogP contribution in [0.1, 0.15) is 18.9 Å². The van der Waals surface area contributed by atoms with Crippen LogP contribution in [0.4, 0.5) is 16.2 Å². The molecule has 0 saturated carbocycles. The SMILES string of the molecule is CCc1ccc(NC(=O)C[C@@H]2C(=O)N(c3ccc(OC)cc3)C(=O)N2CCOC)cc1. The number of carbonyl (C=O) groups is 3. The maximum atomic E-state index is 13.1. The highest BCUT2D eigenvalue weighted by atomic mass is 16.5. The Labute approximate surface area is 181 Å². The Balaban J connectivity index is 1.77. The molecule has 8 nitrogen and oxygen atoms in total. The van der Waals surface area contributed by atoms with Crippen molar-refractivity contribution in [1.29, 1.82) is 0 Å². The van der Waals surface area contributed by atoms with Gasteiger partial charge in [0.2, 0.25) is 5.91 Å². The van der Waals surface area contributed by atoms with Crippen LogP contribution in [-0.2, 0) is 20.7 Å². The summed E-state index contributed by atoms with van der Waals surface area (Å²) < 4.78 is 10.2. The molecule has 8 heteroatoms. The molecule has 0 spiro atoms. The van der Waals surface area contributed by atoms with Crippen LogP contribution in [0.3, 0.4) is 0 Å². The molecule has 0 unspecified atom stereocenters. The van der Waals surface area contributed by atoms with Gasteiger partial charge < -0.3 is 19.7 Å². The summed E-state index contributed by atoms with van der Waals surface area (Å²) in [5.74, 6) is -0.166. The van der Waals surface area contributed by atoms with E-state index in [0.29, 0.717) is 17.1 Å². The Hall–Kier alpha value is -3.39. The topological polar surface area (TPSA) is 88.2 Å². The molecule has 0 aromatic heterocycles. The number of aryl methyl sites for hydroxylation is 1. The van der Waals surface area contributed by atoms with Crippen molar-refractivity contribution in [3.8, 4) is 5.75 Å². The number of carbonyl (C=O) groups excluding carboxylic acids is 3. The number of imide groups is 1. The predicted molar refractivity (Wildman–Crippen MR) is 117 cm³/mol. The molecule has 1 N–H and O–H groups in total. The highest BCUT2D eigenvalue weighted by Crippen LogP contribution is 2.28. The molecule has 3 rings (SSSR count). The van der Waals surface area contributed by atoms with E-state index < -0.39 is 18.0 Å². The first-order chi connectivity index (χ1) is 15.0. The summed E-state index contributed by atoms with van der Waals surface area (Å²) in [6, 6.07) is 12.8. The summed E-state index contributed by atoms with van der Waals surface area (Å²) in [6.07, 6.45) is 0.763. The highest BCUT2D eigenvalue weighted by molar-refractivity contribution is 6.22. The highest BCUT2D eigenvalue weighted by Gasteiger charge is 2.46. The molecule has 2 aromatic carbocycles. The summed E-state index contributed by atoms with van der Waals surface area (Å²) in [7, 11) is 3.06. The second kappa shape index (κ2) is 10.1. The number of nitrogens with one attached hydrogen (secondary N) is 1. The number of anilines is 2. The first kappa shape index (κ1) is 22.3. The van der Waals surface area contributed by atoms with Crippen LogP contribution >= 0.6 is 0 Å². The molecule has 1 aliphatic heterocycles. The molecule has 1 atom stereocenters. The van der Waals surface area contributed by atoms with Crippen molar-refractivity contribution in [3.05, 3.63) is 54.1 Å². The van der Waals surface area contributed by atoms with Gasteiger partial charge in [0.15, 0.2) is 0 Å². The Morgan fingerprint density at radius 3 is 2.29 bits per heavy atom. The molecule has 1 fully saturated rings. The number of methoxy groups -OCH3 is 2. The van der Waals surface area contributed by atoms with Gasteiger partial charge in [-0.25, -0.2) is 9.69 Å². The summed E-state index contributed by atoms with van der Waals surface area (Å²) >= 11 is 0. The average Bonchev–Trinajstić information content (AvgIpc) is 3.01. The second-order valence-electron chi connectivity index (χ2n) is 7.16. The van der Waals surface area contributed by atoms with Gasteiger partial charge >= 0.3 is 6.03 Å². The quantitative estimate of drug-likeness (QED) is 0.624. The molecule has 4 amide bonds. The summed E-state index contributed by atoms with van der Waals surface area (Å²) in [6.45, 7) is 2.52. The first-order valence-corrected chi connectivity index (χ1v) is 10.1. The third-order valence-electron chi connectivity index (χ3n) is 5.21. The van der Waals surface area contributed by atoms with Crippen LogP contribution in [0.25, 0.3) is 0 Å². The molecule has 164 valence electrons. The Kier molecular flexibility index (Phi) is 7.25. The van der Waals surface area contributed by atoms with Crippen LogP contribution in [0.15, 0.2) is 48.5 Å². The number of hydrogen-bond acceptors (Lipinski definition) is 5. The number of nitrogens with zero attached hydrogens (tertiary/aromatic N) is 2. The van der Waals surface area contributed by atoms with E-state index in [0.717, 1.165) is 16.9 Å². The van der Waals surface area contributed by atoms with Gasteiger partial charge in [0.05, 0.1) is 25.8 Å². The fraction of sp³-hybridized carbons (Fsp3) is 0.348. The number of benzene rings is 2. The third kappa shape index (κ3) is 5.03. The largest absolute Gasteiger partial charge is 0.497 e. The standard InChI is InChI=1S/C23H27N3O5/c1-4-16-5-7-17(8-6-16)24-21(27)15-20-22(28)26(23(29)25(20)13-14-30-2)18-9-11-19(31-3)12-10-18/h5-12,20H,4,13-15H2,1-3H3,(H,24,27)/t20-/m1/s1. The number of ether oxygens (including phenoxy) is 2. The number of hydrogen-bond donors (Lipinski definition) is 1. The van der Waals surface area contributed by atoms with Gasteiger partial charge in [-0.3, -0.25) is 9.59 Å². The fourth-order valence-corrected chi connectivity index (χ4v) is 3.46. The van der Waals surface area contributed by atoms with Gasteiger partial charge in [-0.1, -0.05) is 19.1 Å². The molecular formula is C23H27N3O5. The predicted octanol–water partition coefficient (Wildman–Crippen LogP) is 3.07. The fourth-order valence-electron chi connectivity index (χ4n) is 3.46. The minimum Gasteiger partial charge on any atom is -0.497 e. The van der Waals surface area contributed by atoms with Gasteiger partial charge in [0, 0.05) is 19.3 Å². The zero-order chi connectivity index (χ0) is 22.4. The van der Waals surface area contributed by atoms with Crippen LogP contribution in [0.2, 0.25) is 0 Å². The Bertz CT molecular complexity index is 927. The Morgan fingerprint density at radius 2 is 1.71 bits per heavy atom. The van der Waals surface area contributed by atoms with Crippen molar-refractivity contribution in [2.75, 3.05) is 37.6 Å². The van der Waals surface area contributed by atoms with Gasteiger partial charge in [-0.2, -0.15) is 0 Å². The zero-order valence-electron chi connectivity index (χ0n) is 18.0. The van der Waals surface area contributed by atoms with E-state index in [-0.39, 0.29) is 25.5 Å². The lowest BCUT2D eigenvalue weighted by Crippen LogP contribution is -2.39. The maximum absolute atomic E-state index is 13.1. The van der Waals surface area contributed by atoms with Crippen molar-refractivity contribution in [2.24, 2.45) is 0 Å². The molecule has 1 saturated heterocycles. The van der Waals surface area contributed by atoms with E-state index in [1.807, 2.05) is 24.3 Å². The van der Waals surface area contributed by atoms with Gasteiger partial charge in [-0.05, 0) is 48.4 Å².